The molecule has 0 aliphatic carbocycles. The first-order chi connectivity index (χ1) is 12.0. The molecule has 1 aromatic rings. The number of hydrogen-bond donors (Lipinski definition) is 0. The van der Waals surface area contributed by atoms with Crippen molar-refractivity contribution in [1.82, 2.24) is 9.80 Å². The fourth-order valence-corrected chi connectivity index (χ4v) is 3.56. The molecule has 6 nitrogen and oxygen atoms in total. The van der Waals surface area contributed by atoms with Crippen molar-refractivity contribution in [3.05, 3.63) is 30.3 Å². The summed E-state index contributed by atoms with van der Waals surface area (Å²) in [5.41, 5.74) is 0.860. The minimum Gasteiger partial charge on any atom is -0.342 e. The lowest BCUT2D eigenvalue weighted by Gasteiger charge is -2.35. The fraction of sp³-hybridized carbons (Fsp3) is 0.526. The highest BCUT2D eigenvalue weighted by Crippen LogP contribution is 2.23. The third-order valence-corrected chi connectivity index (χ3v) is 4.75. The number of likely N-dealkylation sites (tertiary alicyclic amines) is 1. The number of anilines is 1. The summed E-state index contributed by atoms with van der Waals surface area (Å²) in [6.45, 7) is 6.36. The lowest BCUT2D eigenvalue weighted by Crippen LogP contribution is -2.54. The normalized spacial score (nSPS) is 21.4. The third-order valence-electron chi connectivity index (χ3n) is 4.75. The highest BCUT2D eigenvalue weighted by Gasteiger charge is 2.38. The summed E-state index contributed by atoms with van der Waals surface area (Å²) >= 11 is 0. The Balaban J connectivity index is 1.60. The van der Waals surface area contributed by atoms with E-state index in [9.17, 15) is 14.4 Å². The average molecular weight is 343 g/mol. The summed E-state index contributed by atoms with van der Waals surface area (Å²) < 4.78 is 0. The van der Waals surface area contributed by atoms with Crippen LogP contribution in [-0.2, 0) is 14.4 Å². The summed E-state index contributed by atoms with van der Waals surface area (Å²) in [7, 11) is 0. The highest BCUT2D eigenvalue weighted by molar-refractivity contribution is 5.99. The van der Waals surface area contributed by atoms with Crippen LogP contribution in [-0.4, -0.2) is 60.2 Å². The number of rotatable bonds is 4. The summed E-state index contributed by atoms with van der Waals surface area (Å²) in [5, 5.41) is 0. The SMILES string of the molecule is CC(C)CN1CC(C(=O)N2CCN(c3ccccc3)C(=O)C2)CC1=O. The van der Waals surface area contributed by atoms with E-state index in [4.69, 9.17) is 0 Å². The number of piperazine rings is 1. The van der Waals surface area contributed by atoms with E-state index < -0.39 is 0 Å². The van der Waals surface area contributed by atoms with Crippen molar-refractivity contribution in [2.24, 2.45) is 11.8 Å². The van der Waals surface area contributed by atoms with Gasteiger partial charge in [0.15, 0.2) is 0 Å². The van der Waals surface area contributed by atoms with E-state index in [-0.39, 0.29) is 36.6 Å². The Labute approximate surface area is 148 Å². The molecule has 2 fully saturated rings. The summed E-state index contributed by atoms with van der Waals surface area (Å²) in [5.74, 6) is -0.0350. The largest absolute Gasteiger partial charge is 0.342 e. The minimum atomic E-state index is -0.317. The van der Waals surface area contributed by atoms with Gasteiger partial charge in [-0.15, -0.1) is 0 Å². The van der Waals surface area contributed by atoms with Gasteiger partial charge in [0.1, 0.15) is 6.54 Å². The van der Waals surface area contributed by atoms with Gasteiger partial charge in [0.05, 0.1) is 5.92 Å². The van der Waals surface area contributed by atoms with Gasteiger partial charge in [0, 0.05) is 38.3 Å². The van der Waals surface area contributed by atoms with Crippen LogP contribution in [0.15, 0.2) is 30.3 Å². The zero-order valence-corrected chi connectivity index (χ0v) is 14.9. The van der Waals surface area contributed by atoms with Crippen LogP contribution in [0.1, 0.15) is 20.3 Å². The van der Waals surface area contributed by atoms with Gasteiger partial charge >= 0.3 is 0 Å². The van der Waals surface area contributed by atoms with Gasteiger partial charge in [-0.1, -0.05) is 32.0 Å². The van der Waals surface area contributed by atoms with Gasteiger partial charge < -0.3 is 14.7 Å². The van der Waals surface area contributed by atoms with Gasteiger partial charge in [-0.3, -0.25) is 14.4 Å². The standard InChI is InChI=1S/C19H25N3O3/c1-14(2)11-21-12-15(10-17(21)23)19(25)20-8-9-22(18(24)13-20)16-6-4-3-5-7-16/h3-7,14-15H,8-13H2,1-2H3. The molecule has 0 aromatic heterocycles. The van der Waals surface area contributed by atoms with Crippen LogP contribution in [0.3, 0.4) is 0 Å². The molecule has 2 saturated heterocycles. The van der Waals surface area contributed by atoms with Crippen molar-refractivity contribution in [2.45, 2.75) is 20.3 Å². The van der Waals surface area contributed by atoms with Crippen molar-refractivity contribution in [3.8, 4) is 0 Å². The molecule has 3 amide bonds. The second-order valence-corrected chi connectivity index (χ2v) is 7.23. The van der Waals surface area contributed by atoms with Crippen LogP contribution in [0.4, 0.5) is 5.69 Å². The first-order valence-corrected chi connectivity index (χ1v) is 8.87. The lowest BCUT2D eigenvalue weighted by molar-refractivity contribution is -0.140. The van der Waals surface area contributed by atoms with Crippen LogP contribution < -0.4 is 4.90 Å². The first kappa shape index (κ1) is 17.5. The van der Waals surface area contributed by atoms with E-state index in [0.29, 0.717) is 32.1 Å². The molecule has 0 bridgehead atoms. The molecule has 25 heavy (non-hydrogen) atoms. The number of amides is 3. The van der Waals surface area contributed by atoms with Crippen LogP contribution in [0.25, 0.3) is 0 Å². The number of benzene rings is 1. The van der Waals surface area contributed by atoms with Crippen molar-refractivity contribution in [1.29, 1.82) is 0 Å². The molecule has 2 aliphatic rings. The number of carbonyl (C=O) groups is 3. The van der Waals surface area contributed by atoms with E-state index in [1.807, 2.05) is 30.3 Å². The zero-order valence-electron chi connectivity index (χ0n) is 14.9. The molecular formula is C19H25N3O3. The van der Waals surface area contributed by atoms with E-state index in [1.165, 1.54) is 0 Å². The quantitative estimate of drug-likeness (QED) is 0.829. The minimum absolute atomic E-state index is 0.0429. The Morgan fingerprint density at radius 2 is 1.84 bits per heavy atom. The molecule has 2 heterocycles. The summed E-state index contributed by atoms with van der Waals surface area (Å²) in [4.78, 5) is 42.4. The Hall–Kier alpha value is -2.37. The van der Waals surface area contributed by atoms with Gasteiger partial charge in [0.25, 0.3) is 0 Å². The molecule has 3 rings (SSSR count). The topological polar surface area (TPSA) is 60.9 Å². The average Bonchev–Trinajstić information content (AvgIpc) is 2.95. The predicted molar refractivity (Wildman–Crippen MR) is 94.9 cm³/mol. The molecule has 1 unspecified atom stereocenters. The van der Waals surface area contributed by atoms with Gasteiger partial charge in [-0.05, 0) is 18.1 Å². The maximum atomic E-state index is 12.7. The van der Waals surface area contributed by atoms with E-state index in [2.05, 4.69) is 13.8 Å². The number of carbonyl (C=O) groups excluding carboxylic acids is 3. The number of para-hydroxylation sites is 1. The molecule has 0 N–H and O–H groups in total. The number of nitrogens with zero attached hydrogens (tertiary/aromatic N) is 3. The Bertz CT molecular complexity index is 659. The smallest absolute Gasteiger partial charge is 0.246 e. The molecular weight excluding hydrogens is 318 g/mol. The second kappa shape index (κ2) is 7.25. The third kappa shape index (κ3) is 3.83. The molecule has 6 heteroatoms. The molecule has 2 aliphatic heterocycles. The van der Waals surface area contributed by atoms with E-state index >= 15 is 0 Å². The van der Waals surface area contributed by atoms with Crippen LogP contribution in [0, 0.1) is 11.8 Å². The van der Waals surface area contributed by atoms with Gasteiger partial charge in [0.2, 0.25) is 17.7 Å². The number of hydrogen-bond acceptors (Lipinski definition) is 3. The maximum Gasteiger partial charge on any atom is 0.246 e. The first-order valence-electron chi connectivity index (χ1n) is 8.87. The van der Waals surface area contributed by atoms with Crippen molar-refractivity contribution in [3.63, 3.8) is 0 Å². The van der Waals surface area contributed by atoms with E-state index in [0.717, 1.165) is 5.69 Å². The lowest BCUT2D eigenvalue weighted by atomic mass is 10.1. The Morgan fingerprint density at radius 3 is 2.48 bits per heavy atom. The summed E-state index contributed by atoms with van der Waals surface area (Å²) in [6, 6.07) is 9.50. The zero-order chi connectivity index (χ0) is 18.0. The molecule has 0 saturated carbocycles. The van der Waals surface area contributed by atoms with Crippen molar-refractivity contribution in [2.75, 3.05) is 37.6 Å². The second-order valence-electron chi connectivity index (χ2n) is 7.23. The maximum absolute atomic E-state index is 12.7. The monoisotopic (exact) mass is 343 g/mol. The van der Waals surface area contributed by atoms with Crippen LogP contribution in [0.5, 0.6) is 0 Å². The van der Waals surface area contributed by atoms with Gasteiger partial charge in [-0.2, -0.15) is 0 Å². The molecule has 0 radical (unpaired) electrons. The predicted octanol–water partition coefficient (Wildman–Crippen LogP) is 1.37. The Kier molecular flexibility index (Phi) is 5.06. The Morgan fingerprint density at radius 1 is 1.12 bits per heavy atom. The molecule has 1 atom stereocenters. The highest BCUT2D eigenvalue weighted by atomic mass is 16.2. The summed E-state index contributed by atoms with van der Waals surface area (Å²) in [6.07, 6.45) is 0.263. The van der Waals surface area contributed by atoms with Crippen LogP contribution >= 0.6 is 0 Å². The van der Waals surface area contributed by atoms with Gasteiger partial charge in [-0.25, -0.2) is 0 Å². The van der Waals surface area contributed by atoms with Crippen molar-refractivity contribution < 1.29 is 14.4 Å². The van der Waals surface area contributed by atoms with Crippen LogP contribution in [0.2, 0.25) is 0 Å². The van der Waals surface area contributed by atoms with Crippen molar-refractivity contribution >= 4 is 23.4 Å². The molecule has 134 valence electrons. The fourth-order valence-electron chi connectivity index (χ4n) is 3.56. The molecule has 1 aromatic carbocycles. The molecule has 0 spiro atoms. The van der Waals surface area contributed by atoms with E-state index in [1.54, 1.807) is 14.7 Å².